The summed E-state index contributed by atoms with van der Waals surface area (Å²) in [5.41, 5.74) is -1.29. The molecule has 37 heavy (non-hydrogen) atoms. The van der Waals surface area contributed by atoms with Crippen molar-refractivity contribution in [2.75, 3.05) is 33.5 Å². The molecule has 2 amide bonds. The lowest BCUT2D eigenvalue weighted by molar-refractivity contribution is -0.155. The number of aliphatic hydroxyl groups is 1. The number of carboxylic acids is 1. The number of hydrogen-bond acceptors (Lipinski definition) is 7. The number of amides is 2. The molecule has 11 heteroatoms. The number of rotatable bonds is 9. The topological polar surface area (TPSA) is 143 Å². The molecule has 3 rings (SSSR count). The molecule has 1 aliphatic heterocycles. The van der Waals surface area contributed by atoms with Crippen LogP contribution in [0.4, 0.5) is 4.39 Å². The number of carbonyl (C=O) groups is 3. The number of carboxylic acid groups (broad SMARTS) is 1. The molecular formula is C26H37FN2O8. The molecule has 1 aromatic carbocycles. The fourth-order valence-corrected chi connectivity index (χ4v) is 4.54. The molecule has 0 bridgehead atoms. The van der Waals surface area contributed by atoms with Gasteiger partial charge in [0.2, 0.25) is 5.91 Å². The molecule has 10 nitrogen and oxygen atoms in total. The van der Waals surface area contributed by atoms with Crippen LogP contribution in [-0.2, 0) is 14.3 Å². The third kappa shape index (κ3) is 6.89. The van der Waals surface area contributed by atoms with E-state index in [1.807, 2.05) is 20.8 Å². The number of methoxy groups -OCH3 is 1. The van der Waals surface area contributed by atoms with Crippen LogP contribution >= 0.6 is 0 Å². The zero-order valence-electron chi connectivity index (χ0n) is 21.8. The predicted octanol–water partition coefficient (Wildman–Crippen LogP) is 2.13. The van der Waals surface area contributed by atoms with E-state index in [0.717, 1.165) is 6.07 Å². The quantitative estimate of drug-likeness (QED) is 0.385. The van der Waals surface area contributed by atoms with E-state index in [-0.39, 0.29) is 54.4 Å². The molecule has 0 spiro atoms. The molecule has 1 saturated heterocycles. The highest BCUT2D eigenvalue weighted by Crippen LogP contribution is 2.38. The van der Waals surface area contributed by atoms with Crippen molar-refractivity contribution < 1.29 is 43.2 Å². The Hall–Kier alpha value is -2.92. The number of halogens is 1. The van der Waals surface area contributed by atoms with E-state index in [2.05, 4.69) is 10.6 Å². The van der Waals surface area contributed by atoms with Crippen LogP contribution in [0, 0.1) is 22.6 Å². The SMILES string of the molecule is COc1cc(F)c(O[C@H]2CC[C@@](CO)(C(=O)O)CC2)cc1C(=O)NC1COC[C@H]1C(=O)NCC(C)(C)C. The molecule has 1 unspecified atom stereocenters. The van der Waals surface area contributed by atoms with Crippen molar-refractivity contribution in [2.45, 2.75) is 58.6 Å². The molecule has 0 radical (unpaired) electrons. The third-order valence-corrected chi connectivity index (χ3v) is 6.97. The Balaban J connectivity index is 1.70. The lowest BCUT2D eigenvalue weighted by Crippen LogP contribution is -2.47. The first kappa shape index (κ1) is 28.6. The Kier molecular flexibility index (Phi) is 9.01. The minimum Gasteiger partial charge on any atom is -0.496 e. The number of ether oxygens (including phenoxy) is 3. The second-order valence-electron chi connectivity index (χ2n) is 11.0. The van der Waals surface area contributed by atoms with Crippen LogP contribution in [0.25, 0.3) is 0 Å². The van der Waals surface area contributed by atoms with E-state index < -0.39 is 47.8 Å². The summed E-state index contributed by atoms with van der Waals surface area (Å²) in [4.78, 5) is 37.4. The van der Waals surface area contributed by atoms with Crippen LogP contribution < -0.4 is 20.1 Å². The van der Waals surface area contributed by atoms with Gasteiger partial charge in [-0.1, -0.05) is 20.8 Å². The average molecular weight is 525 g/mol. The van der Waals surface area contributed by atoms with E-state index in [1.165, 1.54) is 13.2 Å². The van der Waals surface area contributed by atoms with Crippen molar-refractivity contribution in [3.63, 3.8) is 0 Å². The molecule has 206 valence electrons. The standard InChI is InChI=1S/C26H37FN2O8/c1-25(2,3)13-28-22(31)17-11-36-12-19(17)29-23(32)16-9-21(18(27)10-20(16)35-4)37-15-5-7-26(14-30,8-6-15)24(33)34/h9-10,15,17,19,30H,5-8,11-14H2,1-4H3,(H,28,31)(H,29,32)(H,33,34)/t15-,17-,19?,26+/m1/s1. The highest BCUT2D eigenvalue weighted by Gasteiger charge is 2.42. The summed E-state index contributed by atoms with van der Waals surface area (Å²) in [6, 6.07) is 1.73. The van der Waals surface area contributed by atoms with E-state index in [4.69, 9.17) is 14.2 Å². The minimum absolute atomic E-state index is 0.00354. The first-order valence-electron chi connectivity index (χ1n) is 12.4. The van der Waals surface area contributed by atoms with Gasteiger partial charge < -0.3 is 35.1 Å². The summed E-state index contributed by atoms with van der Waals surface area (Å²) in [5.74, 6) is -3.31. The molecule has 4 N–H and O–H groups in total. The monoisotopic (exact) mass is 524 g/mol. The second kappa shape index (κ2) is 11.6. The highest BCUT2D eigenvalue weighted by atomic mass is 19.1. The maximum absolute atomic E-state index is 14.8. The zero-order valence-corrected chi connectivity index (χ0v) is 21.8. The van der Waals surface area contributed by atoms with Crippen LogP contribution in [0.2, 0.25) is 0 Å². The Morgan fingerprint density at radius 1 is 1.16 bits per heavy atom. The van der Waals surface area contributed by atoms with E-state index >= 15 is 0 Å². The lowest BCUT2D eigenvalue weighted by Gasteiger charge is -2.35. The van der Waals surface area contributed by atoms with E-state index in [0.29, 0.717) is 19.4 Å². The van der Waals surface area contributed by atoms with Gasteiger partial charge in [0.25, 0.3) is 5.91 Å². The number of nitrogens with one attached hydrogen (secondary N) is 2. The molecule has 2 atom stereocenters. The highest BCUT2D eigenvalue weighted by molar-refractivity contribution is 5.98. The summed E-state index contributed by atoms with van der Waals surface area (Å²) in [6.45, 7) is 6.33. The fraction of sp³-hybridized carbons (Fsp3) is 0.654. The molecule has 2 fully saturated rings. The van der Waals surface area contributed by atoms with Gasteiger partial charge in [-0.15, -0.1) is 0 Å². The van der Waals surface area contributed by atoms with Gasteiger partial charge in [-0.25, -0.2) is 4.39 Å². The first-order valence-corrected chi connectivity index (χ1v) is 12.4. The van der Waals surface area contributed by atoms with Crippen LogP contribution in [0.15, 0.2) is 12.1 Å². The van der Waals surface area contributed by atoms with Gasteiger partial charge in [0.1, 0.15) is 5.75 Å². The Labute approximate surface area is 215 Å². The molecule has 2 aliphatic rings. The average Bonchev–Trinajstić information content (AvgIpc) is 3.31. The van der Waals surface area contributed by atoms with Crippen molar-refractivity contribution in [3.8, 4) is 11.5 Å². The van der Waals surface area contributed by atoms with Crippen LogP contribution in [-0.4, -0.2) is 73.6 Å². The fourth-order valence-electron chi connectivity index (χ4n) is 4.54. The summed E-state index contributed by atoms with van der Waals surface area (Å²) in [5, 5.41) is 24.7. The zero-order chi connectivity index (χ0) is 27.4. The van der Waals surface area contributed by atoms with Gasteiger partial charge in [0.05, 0.1) is 56.0 Å². The molecule has 1 aromatic rings. The number of benzene rings is 1. The molecule has 1 saturated carbocycles. The van der Waals surface area contributed by atoms with Crippen molar-refractivity contribution in [1.29, 1.82) is 0 Å². The van der Waals surface area contributed by atoms with Gasteiger partial charge in [-0.05, 0) is 37.2 Å². The van der Waals surface area contributed by atoms with Gasteiger partial charge in [-0.2, -0.15) is 0 Å². The smallest absolute Gasteiger partial charge is 0.311 e. The maximum Gasteiger partial charge on any atom is 0.311 e. The van der Waals surface area contributed by atoms with Crippen molar-refractivity contribution in [2.24, 2.45) is 16.7 Å². The summed E-state index contributed by atoms with van der Waals surface area (Å²) in [7, 11) is 1.31. The molecule has 1 aliphatic carbocycles. The largest absolute Gasteiger partial charge is 0.496 e. The van der Waals surface area contributed by atoms with Gasteiger partial charge in [-0.3, -0.25) is 14.4 Å². The van der Waals surface area contributed by atoms with Crippen LogP contribution in [0.1, 0.15) is 56.8 Å². The molecule has 1 heterocycles. The van der Waals surface area contributed by atoms with Gasteiger partial charge in [0.15, 0.2) is 11.6 Å². The summed E-state index contributed by atoms with van der Waals surface area (Å²) >= 11 is 0. The summed E-state index contributed by atoms with van der Waals surface area (Å²) in [6.07, 6.45) is 0.524. The molecule has 0 aromatic heterocycles. The summed E-state index contributed by atoms with van der Waals surface area (Å²) < 4.78 is 31.3. The normalized spacial score (nSPS) is 25.8. The number of hydrogen-bond donors (Lipinski definition) is 4. The number of aliphatic hydroxyl groups excluding tert-OH is 1. The second-order valence-corrected chi connectivity index (χ2v) is 11.0. The van der Waals surface area contributed by atoms with Gasteiger partial charge in [0, 0.05) is 12.6 Å². The Morgan fingerprint density at radius 3 is 2.41 bits per heavy atom. The van der Waals surface area contributed by atoms with Gasteiger partial charge >= 0.3 is 5.97 Å². The molecular weight excluding hydrogens is 487 g/mol. The van der Waals surface area contributed by atoms with Crippen molar-refractivity contribution in [3.05, 3.63) is 23.5 Å². The van der Waals surface area contributed by atoms with E-state index in [1.54, 1.807) is 0 Å². The predicted molar refractivity (Wildman–Crippen MR) is 131 cm³/mol. The Morgan fingerprint density at radius 2 is 1.84 bits per heavy atom. The number of carbonyl (C=O) groups excluding carboxylic acids is 2. The van der Waals surface area contributed by atoms with Crippen LogP contribution in [0.5, 0.6) is 11.5 Å². The van der Waals surface area contributed by atoms with Crippen molar-refractivity contribution in [1.82, 2.24) is 10.6 Å². The maximum atomic E-state index is 14.8. The third-order valence-electron chi connectivity index (χ3n) is 6.97. The van der Waals surface area contributed by atoms with Crippen molar-refractivity contribution >= 4 is 17.8 Å². The number of aliphatic carboxylic acids is 1. The van der Waals surface area contributed by atoms with E-state index in [9.17, 15) is 29.0 Å². The minimum atomic E-state index is -1.22. The first-order chi connectivity index (χ1) is 17.4. The lowest BCUT2D eigenvalue weighted by atomic mass is 9.74. The Bertz CT molecular complexity index is 1000. The van der Waals surface area contributed by atoms with Crippen LogP contribution in [0.3, 0.4) is 0 Å².